The van der Waals surface area contributed by atoms with Crippen molar-refractivity contribution < 1.29 is 4.79 Å². The maximum atomic E-state index is 13.0. The molecular formula is C17H11ClN4OS. The average molecular weight is 355 g/mol. The molecule has 2 aliphatic heterocycles. The molecule has 0 bridgehead atoms. The van der Waals surface area contributed by atoms with Gasteiger partial charge in [-0.1, -0.05) is 23.4 Å². The molecule has 1 aromatic carbocycles. The van der Waals surface area contributed by atoms with E-state index in [4.69, 9.17) is 11.6 Å². The van der Waals surface area contributed by atoms with Crippen molar-refractivity contribution in [3.05, 3.63) is 53.3 Å². The van der Waals surface area contributed by atoms with Crippen LogP contribution < -0.4 is 4.90 Å². The van der Waals surface area contributed by atoms with Crippen LogP contribution in [0.5, 0.6) is 0 Å². The van der Waals surface area contributed by atoms with Gasteiger partial charge >= 0.3 is 0 Å². The molecule has 5 rings (SSSR count). The molecule has 2 aromatic heterocycles. The van der Waals surface area contributed by atoms with E-state index in [1.165, 1.54) is 11.8 Å². The lowest BCUT2D eigenvalue weighted by atomic mass is 10.0. The van der Waals surface area contributed by atoms with Crippen LogP contribution in [0.25, 0.3) is 10.9 Å². The number of thioether (sulfide) groups is 1. The summed E-state index contributed by atoms with van der Waals surface area (Å²) in [6.07, 6.45) is 5.34. The molecule has 0 spiro atoms. The number of pyridine rings is 1. The molecule has 1 N–H and O–H groups in total. The van der Waals surface area contributed by atoms with E-state index in [-0.39, 0.29) is 17.2 Å². The van der Waals surface area contributed by atoms with Crippen LogP contribution in [0.3, 0.4) is 0 Å². The van der Waals surface area contributed by atoms with E-state index in [1.54, 1.807) is 23.4 Å². The number of hydrogen-bond donors (Lipinski definition) is 1. The number of rotatable bonds is 1. The predicted octanol–water partition coefficient (Wildman–Crippen LogP) is 3.81. The monoisotopic (exact) mass is 354 g/mol. The van der Waals surface area contributed by atoms with Gasteiger partial charge in [0.05, 0.1) is 11.9 Å². The third-order valence-corrected chi connectivity index (χ3v) is 5.86. The van der Waals surface area contributed by atoms with Crippen LogP contribution in [0.15, 0.2) is 52.7 Å². The van der Waals surface area contributed by atoms with Gasteiger partial charge in [0.2, 0.25) is 5.91 Å². The van der Waals surface area contributed by atoms with Gasteiger partial charge in [0.15, 0.2) is 0 Å². The normalized spacial score (nSPS) is 22.0. The quantitative estimate of drug-likeness (QED) is 0.723. The minimum absolute atomic E-state index is 0.0139. The Morgan fingerprint density at radius 3 is 2.88 bits per heavy atom. The lowest BCUT2D eigenvalue weighted by molar-refractivity contribution is -0.117. The number of hydrogen-bond acceptors (Lipinski definition) is 4. The van der Waals surface area contributed by atoms with Crippen molar-refractivity contribution in [2.45, 2.75) is 16.3 Å². The molecule has 3 aromatic rings. The van der Waals surface area contributed by atoms with E-state index in [9.17, 15) is 4.79 Å². The summed E-state index contributed by atoms with van der Waals surface area (Å²) in [5.74, 6) is 0.0139. The summed E-state index contributed by atoms with van der Waals surface area (Å²) in [7, 11) is 0. The molecule has 5 nitrogen and oxygen atoms in total. The van der Waals surface area contributed by atoms with Gasteiger partial charge in [-0.2, -0.15) is 0 Å². The lowest BCUT2D eigenvalue weighted by Crippen LogP contribution is -2.41. The Morgan fingerprint density at radius 2 is 2.04 bits per heavy atom. The Kier molecular flexibility index (Phi) is 2.98. The zero-order valence-electron chi connectivity index (χ0n) is 12.3. The molecule has 4 heterocycles. The summed E-state index contributed by atoms with van der Waals surface area (Å²) >= 11 is 7.41. The van der Waals surface area contributed by atoms with Crippen LogP contribution in [0, 0.1) is 0 Å². The van der Waals surface area contributed by atoms with Crippen LogP contribution in [-0.2, 0) is 4.79 Å². The first-order valence-electron chi connectivity index (χ1n) is 7.47. The van der Waals surface area contributed by atoms with Crippen LogP contribution in [0.4, 0.5) is 5.69 Å². The number of fused-ring (bicyclic) bond motifs is 5. The number of H-pyrrole nitrogens is 1. The number of aromatic amines is 1. The maximum Gasteiger partial charge on any atom is 0.248 e. The SMILES string of the molecule is O=C1C2Sc3ncc4cc[nH]c4c3C2N=CN1c1ccc(Cl)cc1. The smallest absolute Gasteiger partial charge is 0.248 e. The Labute approximate surface area is 146 Å². The van der Waals surface area contributed by atoms with Crippen LogP contribution in [0.1, 0.15) is 11.6 Å². The first-order chi connectivity index (χ1) is 11.7. The van der Waals surface area contributed by atoms with Gasteiger partial charge in [0, 0.05) is 34.1 Å². The summed E-state index contributed by atoms with van der Waals surface area (Å²) in [4.78, 5) is 27.0. The van der Waals surface area contributed by atoms with Crippen molar-refractivity contribution in [1.82, 2.24) is 9.97 Å². The van der Waals surface area contributed by atoms with Crippen molar-refractivity contribution in [1.29, 1.82) is 0 Å². The minimum Gasteiger partial charge on any atom is -0.361 e. The average Bonchev–Trinajstić information content (AvgIpc) is 3.20. The van der Waals surface area contributed by atoms with Gasteiger partial charge in [-0.05, 0) is 30.3 Å². The van der Waals surface area contributed by atoms with Gasteiger partial charge in [0.25, 0.3) is 0 Å². The Hall–Kier alpha value is -2.31. The molecule has 118 valence electrons. The summed E-state index contributed by atoms with van der Waals surface area (Å²) in [6.45, 7) is 0. The molecule has 0 aliphatic carbocycles. The number of aromatic nitrogens is 2. The van der Waals surface area contributed by atoms with E-state index < -0.39 is 0 Å². The predicted molar refractivity (Wildman–Crippen MR) is 95.9 cm³/mol. The molecule has 2 unspecified atom stereocenters. The topological polar surface area (TPSA) is 61.4 Å². The third kappa shape index (κ3) is 1.93. The molecule has 2 atom stereocenters. The summed E-state index contributed by atoms with van der Waals surface area (Å²) in [5, 5.41) is 2.27. The van der Waals surface area contributed by atoms with Crippen LogP contribution in [0.2, 0.25) is 5.02 Å². The third-order valence-electron chi connectivity index (χ3n) is 4.35. The first-order valence-corrected chi connectivity index (χ1v) is 8.73. The largest absolute Gasteiger partial charge is 0.361 e. The van der Waals surface area contributed by atoms with Gasteiger partial charge in [-0.25, -0.2) is 4.98 Å². The highest BCUT2D eigenvalue weighted by atomic mass is 35.5. The standard InChI is InChI=1S/C17H11ClN4OS/c18-10-1-3-11(4-2-10)22-8-21-14-12-13-9(5-6-19-13)7-20-16(12)24-15(14)17(22)23/h1-8,14-15,19H. The second-order valence-electron chi connectivity index (χ2n) is 5.72. The highest BCUT2D eigenvalue weighted by Gasteiger charge is 2.44. The maximum absolute atomic E-state index is 13.0. The van der Waals surface area contributed by atoms with Gasteiger partial charge in [-0.3, -0.25) is 14.7 Å². The Morgan fingerprint density at radius 1 is 1.21 bits per heavy atom. The van der Waals surface area contributed by atoms with Gasteiger partial charge < -0.3 is 4.98 Å². The van der Waals surface area contributed by atoms with Crippen molar-refractivity contribution >= 4 is 52.2 Å². The van der Waals surface area contributed by atoms with E-state index in [1.807, 2.05) is 30.6 Å². The number of benzene rings is 1. The van der Waals surface area contributed by atoms with E-state index >= 15 is 0 Å². The van der Waals surface area contributed by atoms with E-state index in [0.29, 0.717) is 5.02 Å². The van der Waals surface area contributed by atoms with Gasteiger partial charge in [0.1, 0.15) is 16.3 Å². The molecule has 1 amide bonds. The fourth-order valence-corrected chi connectivity index (χ4v) is 4.58. The molecule has 0 fully saturated rings. The summed E-state index contributed by atoms with van der Waals surface area (Å²) < 4.78 is 0. The van der Waals surface area contributed by atoms with Crippen molar-refractivity contribution in [3.8, 4) is 0 Å². The summed E-state index contributed by atoms with van der Waals surface area (Å²) in [5.41, 5.74) is 2.80. The highest BCUT2D eigenvalue weighted by Crippen LogP contribution is 2.49. The van der Waals surface area contributed by atoms with Crippen molar-refractivity contribution in [3.63, 3.8) is 0 Å². The zero-order chi connectivity index (χ0) is 16.3. The first kappa shape index (κ1) is 14.1. The number of carbonyl (C=O) groups excluding carboxylic acids is 1. The van der Waals surface area contributed by atoms with E-state index in [0.717, 1.165) is 27.2 Å². The molecular weight excluding hydrogens is 344 g/mol. The molecule has 0 radical (unpaired) electrons. The van der Waals surface area contributed by atoms with Crippen LogP contribution in [-0.4, -0.2) is 27.5 Å². The number of halogens is 1. The number of nitrogens with zero attached hydrogens (tertiary/aromatic N) is 3. The molecule has 7 heteroatoms. The number of amides is 1. The van der Waals surface area contributed by atoms with Crippen LogP contribution >= 0.6 is 23.4 Å². The number of anilines is 1. The number of nitrogens with one attached hydrogen (secondary N) is 1. The van der Waals surface area contributed by atoms with Crippen molar-refractivity contribution in [2.75, 3.05) is 4.90 Å². The number of aliphatic imine (C=N–C) groups is 1. The molecule has 0 saturated heterocycles. The van der Waals surface area contributed by atoms with Crippen molar-refractivity contribution in [2.24, 2.45) is 4.99 Å². The highest BCUT2D eigenvalue weighted by molar-refractivity contribution is 8.01. The molecule has 24 heavy (non-hydrogen) atoms. The minimum atomic E-state index is -0.290. The number of carbonyl (C=O) groups is 1. The molecule has 2 aliphatic rings. The lowest BCUT2D eigenvalue weighted by Gasteiger charge is -2.28. The zero-order valence-corrected chi connectivity index (χ0v) is 13.9. The second-order valence-corrected chi connectivity index (χ2v) is 7.28. The molecule has 0 saturated carbocycles. The Bertz CT molecular complexity index is 997. The fraction of sp³-hybridized carbons (Fsp3) is 0.118. The summed E-state index contributed by atoms with van der Waals surface area (Å²) in [6, 6.07) is 8.96. The Balaban J connectivity index is 1.59. The van der Waals surface area contributed by atoms with Gasteiger partial charge in [-0.15, -0.1) is 0 Å². The fourth-order valence-electron chi connectivity index (χ4n) is 3.20. The second kappa shape index (κ2) is 5.09. The van der Waals surface area contributed by atoms with E-state index in [2.05, 4.69) is 15.0 Å².